The summed E-state index contributed by atoms with van der Waals surface area (Å²) in [6.45, 7) is 4.02. The molecule has 66 valence electrons. The van der Waals surface area contributed by atoms with E-state index in [2.05, 4.69) is 0 Å². The van der Waals surface area contributed by atoms with Crippen LogP contribution in [-0.2, 0) is 4.74 Å². The van der Waals surface area contributed by atoms with Gasteiger partial charge in [-0.05, 0) is 25.3 Å². The largest absolute Gasteiger partial charge is 0.371 e. The van der Waals surface area contributed by atoms with Gasteiger partial charge in [-0.3, -0.25) is 4.79 Å². The molecule has 1 heterocycles. The van der Waals surface area contributed by atoms with E-state index in [9.17, 15) is 4.79 Å². The zero-order valence-electron chi connectivity index (χ0n) is 7.24. The van der Waals surface area contributed by atoms with Crippen LogP contribution in [0.25, 0.3) is 0 Å². The van der Waals surface area contributed by atoms with E-state index >= 15 is 0 Å². The van der Waals surface area contributed by atoms with Crippen LogP contribution in [-0.4, -0.2) is 18.5 Å². The van der Waals surface area contributed by atoms with E-state index in [0.29, 0.717) is 0 Å². The molecule has 1 aromatic heterocycles. The molecule has 0 unspecified atom stereocenters. The molecule has 0 radical (unpaired) electrons. The number of carbonyl (C=O) groups excluding carboxylic acids is 1. The fraction of sp³-hybridized carbons (Fsp3) is 0.444. The van der Waals surface area contributed by atoms with E-state index in [1.54, 1.807) is 0 Å². The summed E-state index contributed by atoms with van der Waals surface area (Å²) in [5.74, 6) is 0.0601. The molecule has 0 spiro atoms. The zero-order chi connectivity index (χ0) is 8.97. The molecular weight excluding hydrogens is 172 g/mol. The fourth-order valence-corrected chi connectivity index (χ4v) is 1.41. The molecule has 12 heavy (non-hydrogen) atoms. The molecule has 0 N–H and O–H groups in total. The van der Waals surface area contributed by atoms with Gasteiger partial charge in [0, 0.05) is 10.9 Å². The van der Waals surface area contributed by atoms with Crippen LogP contribution in [0.3, 0.4) is 0 Å². The van der Waals surface area contributed by atoms with Crippen LogP contribution < -0.4 is 0 Å². The van der Waals surface area contributed by atoms with Crippen molar-refractivity contribution in [1.82, 2.24) is 0 Å². The summed E-state index contributed by atoms with van der Waals surface area (Å²) in [4.78, 5) is 11.3. The second kappa shape index (κ2) is 4.38. The minimum atomic E-state index is 0.0601. The molecule has 3 heteroatoms. The Morgan fingerprint density at radius 1 is 1.67 bits per heavy atom. The Balaban J connectivity index is 2.40. The van der Waals surface area contributed by atoms with Gasteiger partial charge >= 0.3 is 0 Å². The Morgan fingerprint density at radius 2 is 2.42 bits per heavy atom. The van der Waals surface area contributed by atoms with Crippen molar-refractivity contribution in [3.8, 4) is 0 Å². The Labute approximate surface area is 76.2 Å². The standard InChI is InChI=1S/C9H12O2S/c1-7(2)11-5-9(10)8-3-4-12-6-8/h3-4,6-7H,5H2,1-2H3. The van der Waals surface area contributed by atoms with Crippen molar-refractivity contribution in [3.05, 3.63) is 22.4 Å². The number of rotatable bonds is 4. The highest BCUT2D eigenvalue weighted by Gasteiger charge is 2.06. The van der Waals surface area contributed by atoms with Crippen molar-refractivity contribution in [2.75, 3.05) is 6.61 Å². The first-order valence-corrected chi connectivity index (χ1v) is 4.81. The Bertz CT molecular complexity index is 239. The highest BCUT2D eigenvalue weighted by Crippen LogP contribution is 2.07. The second-order valence-electron chi connectivity index (χ2n) is 2.79. The lowest BCUT2D eigenvalue weighted by molar-refractivity contribution is 0.0585. The maximum Gasteiger partial charge on any atom is 0.189 e. The lowest BCUT2D eigenvalue weighted by Gasteiger charge is -2.04. The van der Waals surface area contributed by atoms with Crippen LogP contribution in [0.5, 0.6) is 0 Å². The van der Waals surface area contributed by atoms with Gasteiger partial charge in [-0.1, -0.05) is 0 Å². The van der Waals surface area contributed by atoms with Crippen molar-refractivity contribution in [3.63, 3.8) is 0 Å². The maximum atomic E-state index is 11.3. The molecule has 2 nitrogen and oxygen atoms in total. The van der Waals surface area contributed by atoms with E-state index in [1.807, 2.05) is 30.7 Å². The van der Waals surface area contributed by atoms with Gasteiger partial charge in [-0.2, -0.15) is 11.3 Å². The average Bonchev–Trinajstić information content (AvgIpc) is 2.51. The number of carbonyl (C=O) groups is 1. The number of ketones is 1. The van der Waals surface area contributed by atoms with Crippen LogP contribution in [0.15, 0.2) is 16.8 Å². The minimum absolute atomic E-state index is 0.0601. The van der Waals surface area contributed by atoms with Crippen LogP contribution in [0, 0.1) is 0 Å². The second-order valence-corrected chi connectivity index (χ2v) is 3.57. The fourth-order valence-electron chi connectivity index (χ4n) is 0.749. The highest BCUT2D eigenvalue weighted by molar-refractivity contribution is 7.08. The normalized spacial score (nSPS) is 10.6. The summed E-state index contributed by atoms with van der Waals surface area (Å²) >= 11 is 1.53. The van der Waals surface area contributed by atoms with Gasteiger partial charge in [0.1, 0.15) is 6.61 Å². The summed E-state index contributed by atoms with van der Waals surface area (Å²) < 4.78 is 5.18. The van der Waals surface area contributed by atoms with E-state index in [4.69, 9.17) is 4.74 Å². The third kappa shape index (κ3) is 2.75. The van der Waals surface area contributed by atoms with E-state index in [1.165, 1.54) is 11.3 Å². The predicted octanol–water partition coefficient (Wildman–Crippen LogP) is 2.36. The summed E-state index contributed by atoms with van der Waals surface area (Å²) in [6, 6.07) is 1.82. The van der Waals surface area contributed by atoms with Crippen molar-refractivity contribution in [2.45, 2.75) is 20.0 Å². The van der Waals surface area contributed by atoms with Gasteiger partial charge in [-0.25, -0.2) is 0 Å². The van der Waals surface area contributed by atoms with Gasteiger partial charge in [-0.15, -0.1) is 0 Å². The first-order chi connectivity index (χ1) is 5.70. The van der Waals surface area contributed by atoms with Crippen molar-refractivity contribution in [1.29, 1.82) is 0 Å². The molecule has 0 aliphatic rings. The Morgan fingerprint density at radius 3 is 2.92 bits per heavy atom. The molecule has 1 rings (SSSR count). The molecule has 0 saturated carbocycles. The summed E-state index contributed by atoms with van der Waals surface area (Å²) in [5, 5.41) is 3.73. The highest BCUT2D eigenvalue weighted by atomic mass is 32.1. The third-order valence-corrected chi connectivity index (χ3v) is 2.07. The Hall–Kier alpha value is -0.670. The number of Topliss-reactive ketones (excluding diaryl/α,β-unsaturated/α-hetero) is 1. The van der Waals surface area contributed by atoms with E-state index < -0.39 is 0 Å². The summed E-state index contributed by atoms with van der Waals surface area (Å²) in [5.41, 5.74) is 0.751. The maximum absolute atomic E-state index is 11.3. The van der Waals surface area contributed by atoms with Crippen molar-refractivity contribution in [2.24, 2.45) is 0 Å². The lowest BCUT2D eigenvalue weighted by Crippen LogP contribution is -2.12. The SMILES string of the molecule is CC(C)OCC(=O)c1ccsc1. The monoisotopic (exact) mass is 184 g/mol. The number of hydrogen-bond acceptors (Lipinski definition) is 3. The van der Waals surface area contributed by atoms with Gasteiger partial charge in [0.05, 0.1) is 6.10 Å². The minimum Gasteiger partial charge on any atom is -0.371 e. The van der Waals surface area contributed by atoms with Crippen LogP contribution in [0.2, 0.25) is 0 Å². The molecule has 0 atom stereocenters. The lowest BCUT2D eigenvalue weighted by atomic mass is 10.2. The van der Waals surface area contributed by atoms with Gasteiger partial charge < -0.3 is 4.74 Å². The van der Waals surface area contributed by atoms with Crippen molar-refractivity contribution < 1.29 is 9.53 Å². The molecule has 1 aromatic rings. The molecule has 0 aliphatic carbocycles. The van der Waals surface area contributed by atoms with Crippen LogP contribution in [0.4, 0.5) is 0 Å². The summed E-state index contributed by atoms with van der Waals surface area (Å²) in [7, 11) is 0. The molecule has 0 fully saturated rings. The first kappa shape index (κ1) is 9.42. The van der Waals surface area contributed by atoms with Crippen molar-refractivity contribution >= 4 is 17.1 Å². The average molecular weight is 184 g/mol. The quantitative estimate of drug-likeness (QED) is 0.671. The van der Waals surface area contributed by atoms with E-state index in [0.717, 1.165) is 5.56 Å². The topological polar surface area (TPSA) is 26.3 Å². The zero-order valence-corrected chi connectivity index (χ0v) is 8.06. The predicted molar refractivity (Wildman–Crippen MR) is 49.7 cm³/mol. The third-order valence-electron chi connectivity index (χ3n) is 1.39. The van der Waals surface area contributed by atoms with E-state index in [-0.39, 0.29) is 18.5 Å². The number of hydrogen-bond donors (Lipinski definition) is 0. The molecular formula is C9H12O2S. The summed E-state index contributed by atoms with van der Waals surface area (Å²) in [6.07, 6.45) is 0.118. The van der Waals surface area contributed by atoms with Crippen LogP contribution >= 0.6 is 11.3 Å². The molecule has 0 aromatic carbocycles. The number of thiophene rings is 1. The van der Waals surface area contributed by atoms with Crippen LogP contribution in [0.1, 0.15) is 24.2 Å². The van der Waals surface area contributed by atoms with Gasteiger partial charge in [0.15, 0.2) is 5.78 Å². The molecule has 0 amide bonds. The van der Waals surface area contributed by atoms with Gasteiger partial charge in [0.25, 0.3) is 0 Å². The number of ether oxygens (including phenoxy) is 1. The molecule has 0 aliphatic heterocycles. The smallest absolute Gasteiger partial charge is 0.189 e. The Kier molecular flexibility index (Phi) is 3.44. The molecule has 0 saturated heterocycles. The molecule has 0 bridgehead atoms. The first-order valence-electron chi connectivity index (χ1n) is 3.87. The van der Waals surface area contributed by atoms with Gasteiger partial charge in [0.2, 0.25) is 0 Å².